The van der Waals surface area contributed by atoms with Crippen LogP contribution < -0.4 is 5.32 Å². The van der Waals surface area contributed by atoms with Crippen molar-refractivity contribution in [2.24, 2.45) is 0 Å². The van der Waals surface area contributed by atoms with Crippen molar-refractivity contribution in [1.82, 2.24) is 10.2 Å². The average molecular weight is 282 g/mol. The molecular weight excluding hydrogens is 248 g/mol. The Morgan fingerprint density at radius 3 is 2.35 bits per heavy atom. The standard InChI is InChI=1S/C17H34N2O/c1-4-12-20-13-11-19-15-16(5-2,6-3)18-14-17(19)9-7-8-10-17/h18H,4-15H2,1-3H3. The lowest BCUT2D eigenvalue weighted by Crippen LogP contribution is -2.69. The van der Waals surface area contributed by atoms with Crippen LogP contribution in [0.1, 0.15) is 65.7 Å². The molecule has 1 heterocycles. The highest BCUT2D eigenvalue weighted by Gasteiger charge is 2.47. The number of ether oxygens (including phenoxy) is 1. The molecule has 0 radical (unpaired) electrons. The van der Waals surface area contributed by atoms with Crippen molar-refractivity contribution in [2.45, 2.75) is 76.8 Å². The van der Waals surface area contributed by atoms with Gasteiger partial charge in [-0.25, -0.2) is 0 Å². The van der Waals surface area contributed by atoms with E-state index in [1.165, 1.54) is 51.6 Å². The predicted octanol–water partition coefficient (Wildman–Crippen LogP) is 3.19. The maximum absolute atomic E-state index is 5.76. The van der Waals surface area contributed by atoms with Crippen LogP contribution in [0.4, 0.5) is 0 Å². The van der Waals surface area contributed by atoms with Crippen molar-refractivity contribution in [3.63, 3.8) is 0 Å². The van der Waals surface area contributed by atoms with E-state index in [1.807, 2.05) is 0 Å². The van der Waals surface area contributed by atoms with Gasteiger partial charge in [0.25, 0.3) is 0 Å². The third kappa shape index (κ3) is 3.37. The van der Waals surface area contributed by atoms with Crippen LogP contribution in [0.3, 0.4) is 0 Å². The zero-order valence-corrected chi connectivity index (χ0v) is 13.8. The van der Waals surface area contributed by atoms with Gasteiger partial charge in [-0.2, -0.15) is 0 Å². The van der Waals surface area contributed by atoms with E-state index in [4.69, 9.17) is 4.74 Å². The van der Waals surface area contributed by atoms with Crippen LogP contribution in [-0.2, 0) is 4.74 Å². The van der Waals surface area contributed by atoms with Gasteiger partial charge >= 0.3 is 0 Å². The fourth-order valence-corrected chi connectivity index (χ4v) is 4.04. The lowest BCUT2D eigenvalue weighted by molar-refractivity contribution is -0.0156. The zero-order chi connectivity index (χ0) is 14.5. The van der Waals surface area contributed by atoms with Gasteiger partial charge in [-0.15, -0.1) is 0 Å². The minimum Gasteiger partial charge on any atom is -0.380 e. The Kier molecular flexibility index (Phi) is 5.88. The van der Waals surface area contributed by atoms with E-state index in [0.717, 1.165) is 26.2 Å². The Morgan fingerprint density at radius 1 is 1.05 bits per heavy atom. The summed E-state index contributed by atoms with van der Waals surface area (Å²) >= 11 is 0. The van der Waals surface area contributed by atoms with Crippen molar-refractivity contribution in [1.29, 1.82) is 0 Å². The molecule has 0 unspecified atom stereocenters. The first-order chi connectivity index (χ1) is 9.70. The number of hydrogen-bond donors (Lipinski definition) is 1. The van der Waals surface area contributed by atoms with Crippen molar-refractivity contribution < 1.29 is 4.74 Å². The van der Waals surface area contributed by atoms with Gasteiger partial charge in [0.05, 0.1) is 6.61 Å². The Balaban J connectivity index is 1.99. The van der Waals surface area contributed by atoms with E-state index in [0.29, 0.717) is 11.1 Å². The normalized spacial score (nSPS) is 25.4. The molecule has 0 aromatic rings. The largest absolute Gasteiger partial charge is 0.380 e. The molecule has 0 aromatic carbocycles. The second kappa shape index (κ2) is 7.24. The molecule has 1 N–H and O–H groups in total. The second-order valence-electron chi connectivity index (χ2n) is 6.81. The number of nitrogens with zero attached hydrogens (tertiary/aromatic N) is 1. The monoisotopic (exact) mass is 282 g/mol. The van der Waals surface area contributed by atoms with E-state index in [9.17, 15) is 0 Å². The van der Waals surface area contributed by atoms with Gasteiger partial charge in [0.2, 0.25) is 0 Å². The van der Waals surface area contributed by atoms with Crippen LogP contribution in [0.2, 0.25) is 0 Å². The highest BCUT2D eigenvalue weighted by atomic mass is 16.5. The SMILES string of the molecule is CCCOCCN1CC(CC)(CC)NCC12CCCC2. The van der Waals surface area contributed by atoms with Crippen LogP contribution in [0.25, 0.3) is 0 Å². The van der Waals surface area contributed by atoms with Crippen LogP contribution in [0, 0.1) is 0 Å². The highest BCUT2D eigenvalue weighted by Crippen LogP contribution is 2.39. The molecule has 20 heavy (non-hydrogen) atoms. The Bertz CT molecular complexity index is 283. The Morgan fingerprint density at radius 2 is 1.75 bits per heavy atom. The first-order valence-electron chi connectivity index (χ1n) is 8.78. The van der Waals surface area contributed by atoms with Gasteiger partial charge < -0.3 is 10.1 Å². The molecule has 0 bridgehead atoms. The number of rotatable bonds is 7. The maximum Gasteiger partial charge on any atom is 0.0593 e. The molecule has 3 nitrogen and oxygen atoms in total. The van der Waals surface area contributed by atoms with E-state index < -0.39 is 0 Å². The third-order valence-electron chi connectivity index (χ3n) is 5.70. The summed E-state index contributed by atoms with van der Waals surface area (Å²) in [6.45, 7) is 12.2. The molecule has 1 spiro atoms. The Labute approximate surface area is 125 Å². The molecule has 1 saturated heterocycles. The van der Waals surface area contributed by atoms with Crippen molar-refractivity contribution in [2.75, 3.05) is 32.8 Å². The second-order valence-corrected chi connectivity index (χ2v) is 6.81. The molecule has 2 rings (SSSR count). The van der Waals surface area contributed by atoms with Crippen molar-refractivity contribution in [3.05, 3.63) is 0 Å². The lowest BCUT2D eigenvalue weighted by Gasteiger charge is -2.53. The van der Waals surface area contributed by atoms with Crippen LogP contribution >= 0.6 is 0 Å². The number of hydrogen-bond acceptors (Lipinski definition) is 3. The van der Waals surface area contributed by atoms with Gasteiger partial charge in [0, 0.05) is 37.3 Å². The average Bonchev–Trinajstić information content (AvgIpc) is 2.95. The molecule has 2 aliphatic rings. The summed E-state index contributed by atoms with van der Waals surface area (Å²) in [5, 5.41) is 3.91. The summed E-state index contributed by atoms with van der Waals surface area (Å²) in [7, 11) is 0. The summed E-state index contributed by atoms with van der Waals surface area (Å²) in [5.74, 6) is 0. The predicted molar refractivity (Wildman–Crippen MR) is 85.2 cm³/mol. The summed E-state index contributed by atoms with van der Waals surface area (Å²) in [6.07, 6.45) is 9.13. The number of nitrogens with one attached hydrogen (secondary N) is 1. The zero-order valence-electron chi connectivity index (χ0n) is 13.8. The van der Waals surface area contributed by atoms with Gasteiger partial charge in [-0.3, -0.25) is 4.90 Å². The van der Waals surface area contributed by atoms with E-state index >= 15 is 0 Å². The van der Waals surface area contributed by atoms with E-state index in [1.54, 1.807) is 0 Å². The molecule has 1 saturated carbocycles. The first-order valence-corrected chi connectivity index (χ1v) is 8.78. The molecule has 0 aromatic heterocycles. The summed E-state index contributed by atoms with van der Waals surface area (Å²) in [4.78, 5) is 2.78. The smallest absolute Gasteiger partial charge is 0.0593 e. The molecule has 1 aliphatic carbocycles. The minimum atomic E-state index is 0.332. The topological polar surface area (TPSA) is 24.5 Å². The lowest BCUT2D eigenvalue weighted by atomic mass is 9.82. The van der Waals surface area contributed by atoms with E-state index in [-0.39, 0.29) is 0 Å². The first kappa shape index (κ1) is 16.3. The van der Waals surface area contributed by atoms with Crippen molar-refractivity contribution in [3.8, 4) is 0 Å². The van der Waals surface area contributed by atoms with E-state index in [2.05, 4.69) is 31.0 Å². The fourth-order valence-electron chi connectivity index (χ4n) is 4.04. The molecular formula is C17H34N2O. The van der Waals surface area contributed by atoms with Crippen LogP contribution in [0.15, 0.2) is 0 Å². The van der Waals surface area contributed by atoms with Gasteiger partial charge in [0.1, 0.15) is 0 Å². The quantitative estimate of drug-likeness (QED) is 0.726. The molecule has 2 fully saturated rings. The molecule has 0 amide bonds. The van der Waals surface area contributed by atoms with Gasteiger partial charge in [-0.1, -0.05) is 33.6 Å². The molecule has 0 atom stereocenters. The maximum atomic E-state index is 5.76. The van der Waals surface area contributed by atoms with Crippen molar-refractivity contribution >= 4 is 0 Å². The Hall–Kier alpha value is -0.120. The fraction of sp³-hybridized carbons (Fsp3) is 1.00. The summed E-state index contributed by atoms with van der Waals surface area (Å²) < 4.78 is 5.76. The molecule has 3 heteroatoms. The number of piperazine rings is 1. The molecule has 1 aliphatic heterocycles. The molecule has 118 valence electrons. The van der Waals surface area contributed by atoms with Crippen LogP contribution in [0.5, 0.6) is 0 Å². The third-order valence-corrected chi connectivity index (χ3v) is 5.70. The summed E-state index contributed by atoms with van der Waals surface area (Å²) in [5.41, 5.74) is 0.766. The van der Waals surface area contributed by atoms with Gasteiger partial charge in [-0.05, 0) is 32.1 Å². The minimum absolute atomic E-state index is 0.332. The summed E-state index contributed by atoms with van der Waals surface area (Å²) in [6, 6.07) is 0. The van der Waals surface area contributed by atoms with Crippen LogP contribution in [-0.4, -0.2) is 48.8 Å². The highest BCUT2D eigenvalue weighted by molar-refractivity contribution is 5.06. The van der Waals surface area contributed by atoms with Gasteiger partial charge in [0.15, 0.2) is 0 Å².